The summed E-state index contributed by atoms with van der Waals surface area (Å²) in [4.78, 5) is 0. The fourth-order valence-electron chi connectivity index (χ4n) is 0.0514. The molecule has 0 aliphatic heterocycles. The van der Waals surface area contributed by atoms with Crippen LogP contribution < -0.4 is 0 Å². The van der Waals surface area contributed by atoms with Crippen molar-refractivity contribution >= 4 is 28.5 Å². The molecule has 30 valence electrons. The van der Waals surface area contributed by atoms with Crippen LogP contribution in [0.2, 0.25) is 5.21 Å². The minimum absolute atomic E-state index is 1.09. The number of allylic oxidation sites excluding steroid dienone is 1. The van der Waals surface area contributed by atoms with Crippen molar-refractivity contribution in [2.45, 2.75) is 5.21 Å². The average molecular weight is 152 g/mol. The summed E-state index contributed by atoms with van der Waals surface area (Å²) < 4.78 is 0. The van der Waals surface area contributed by atoms with Crippen molar-refractivity contribution in [3.8, 4) is 0 Å². The molecule has 0 aromatic rings. The first-order chi connectivity index (χ1) is 2.41. The quantitative estimate of drug-likeness (QED) is 0.488. The molecule has 0 fully saturated rings. The molecule has 0 rings (SSSR count). The van der Waals surface area contributed by atoms with E-state index in [1.807, 2.05) is 6.08 Å². The van der Waals surface area contributed by atoms with Gasteiger partial charge in [-0.05, 0) is 0 Å². The van der Waals surface area contributed by atoms with Crippen molar-refractivity contribution in [3.05, 3.63) is 11.6 Å². The van der Waals surface area contributed by atoms with Crippen LogP contribution in [0.25, 0.3) is 0 Å². The molecule has 0 amide bonds. The molecule has 1 atom stereocenters. The average Bonchev–Trinajstić information content (AvgIpc) is 1.41. The zero-order valence-corrected chi connectivity index (χ0v) is 6.00. The van der Waals surface area contributed by atoms with Gasteiger partial charge in [0.25, 0.3) is 0 Å². The summed E-state index contributed by atoms with van der Waals surface area (Å²) in [5, 5.41) is 1.09. The van der Waals surface area contributed by atoms with Gasteiger partial charge in [-0.2, -0.15) is 0 Å². The topological polar surface area (TPSA) is 0 Å². The standard InChI is InChI=1S/C3H6AsCl/c4-2-1-3-5/h1,3H,2,4H2. The van der Waals surface area contributed by atoms with E-state index < -0.39 is 0 Å². The molecule has 0 N–H and O–H groups in total. The van der Waals surface area contributed by atoms with Crippen molar-refractivity contribution in [1.82, 2.24) is 0 Å². The Balaban J connectivity index is 2.62. The van der Waals surface area contributed by atoms with E-state index >= 15 is 0 Å². The van der Waals surface area contributed by atoms with Crippen LogP contribution in [0.4, 0.5) is 0 Å². The van der Waals surface area contributed by atoms with Crippen LogP contribution in [0.3, 0.4) is 0 Å². The summed E-state index contributed by atoms with van der Waals surface area (Å²) in [6.07, 6.45) is 1.92. The third kappa shape index (κ3) is 4.59. The molecule has 0 aliphatic carbocycles. The first-order valence-electron chi connectivity index (χ1n) is 1.37. The Morgan fingerprint density at radius 1 is 1.80 bits per heavy atom. The summed E-state index contributed by atoms with van der Waals surface area (Å²) >= 11 is 6.81. The van der Waals surface area contributed by atoms with E-state index in [1.54, 1.807) is 22.4 Å². The van der Waals surface area contributed by atoms with Gasteiger partial charge in [0.15, 0.2) is 0 Å². The van der Waals surface area contributed by atoms with Crippen LogP contribution in [-0.2, 0) is 0 Å². The van der Waals surface area contributed by atoms with Crippen LogP contribution in [0.1, 0.15) is 0 Å². The van der Waals surface area contributed by atoms with Crippen LogP contribution in [-0.4, -0.2) is 16.9 Å². The van der Waals surface area contributed by atoms with Crippen molar-refractivity contribution in [1.29, 1.82) is 0 Å². The predicted octanol–water partition coefficient (Wildman–Crippen LogP) is 0.790. The van der Waals surface area contributed by atoms with Gasteiger partial charge in [-0.1, -0.05) is 0 Å². The molecule has 0 nitrogen and oxygen atoms in total. The fraction of sp³-hybridized carbons (Fsp3) is 0.333. The molecule has 2 heteroatoms. The van der Waals surface area contributed by atoms with Crippen molar-refractivity contribution in [2.75, 3.05) is 0 Å². The van der Waals surface area contributed by atoms with Gasteiger partial charge in [-0.3, -0.25) is 0 Å². The van der Waals surface area contributed by atoms with Crippen molar-refractivity contribution < 1.29 is 0 Å². The molecule has 0 heterocycles. The Hall–Kier alpha value is 0.588. The third-order valence-corrected chi connectivity index (χ3v) is 0.974. The molecule has 0 aromatic heterocycles. The zero-order chi connectivity index (χ0) is 4.12. The summed E-state index contributed by atoms with van der Waals surface area (Å²) in [6, 6.07) is 0. The van der Waals surface area contributed by atoms with Crippen LogP contribution in [0.15, 0.2) is 11.6 Å². The molecule has 0 saturated heterocycles. The Morgan fingerprint density at radius 2 is 2.40 bits per heavy atom. The van der Waals surface area contributed by atoms with Crippen LogP contribution in [0.5, 0.6) is 0 Å². The SMILES string of the molecule is ClC=CC[AsH2]. The second-order valence-electron chi connectivity index (χ2n) is 0.597. The van der Waals surface area contributed by atoms with Crippen molar-refractivity contribution in [2.24, 2.45) is 0 Å². The first-order valence-corrected chi connectivity index (χ1v) is 3.52. The van der Waals surface area contributed by atoms with Gasteiger partial charge < -0.3 is 0 Å². The molecule has 0 spiro atoms. The van der Waals surface area contributed by atoms with Gasteiger partial charge in [-0.25, -0.2) is 0 Å². The van der Waals surface area contributed by atoms with Crippen molar-refractivity contribution in [3.63, 3.8) is 0 Å². The van der Waals surface area contributed by atoms with Gasteiger partial charge in [0.1, 0.15) is 0 Å². The number of rotatable bonds is 1. The first kappa shape index (κ1) is 5.59. The number of hydrogen-bond donors (Lipinski definition) is 0. The zero-order valence-electron chi connectivity index (χ0n) is 2.82. The molecule has 0 radical (unpaired) electrons. The Labute approximate surface area is 45.7 Å². The predicted molar refractivity (Wildman–Crippen MR) is 28.3 cm³/mol. The number of hydrogen-bond acceptors (Lipinski definition) is 0. The van der Waals surface area contributed by atoms with E-state index in [9.17, 15) is 0 Å². The number of halogens is 1. The Kier molecular flexibility index (Phi) is 5.13. The molecular weight excluding hydrogens is 146 g/mol. The summed E-state index contributed by atoms with van der Waals surface area (Å²) in [5.41, 5.74) is 1.54. The normalized spacial score (nSPS) is 10.0. The molecule has 0 saturated carbocycles. The van der Waals surface area contributed by atoms with E-state index in [0.717, 1.165) is 5.21 Å². The molecule has 0 aliphatic rings. The monoisotopic (exact) mass is 152 g/mol. The Morgan fingerprint density at radius 3 is 2.40 bits per heavy atom. The molecule has 5 heavy (non-hydrogen) atoms. The van der Waals surface area contributed by atoms with Gasteiger partial charge in [-0.15, -0.1) is 0 Å². The Bertz CT molecular complexity index is 33.9. The third-order valence-electron chi connectivity index (χ3n) is 0.225. The van der Waals surface area contributed by atoms with Gasteiger partial charge in [0.2, 0.25) is 0 Å². The molecular formula is C3H6AsCl. The van der Waals surface area contributed by atoms with E-state index in [-0.39, 0.29) is 0 Å². The van der Waals surface area contributed by atoms with Gasteiger partial charge in [0.05, 0.1) is 0 Å². The van der Waals surface area contributed by atoms with Crippen LogP contribution >= 0.6 is 11.6 Å². The minimum atomic E-state index is 1.09. The molecule has 0 bridgehead atoms. The van der Waals surface area contributed by atoms with Crippen LogP contribution in [0, 0.1) is 0 Å². The maximum atomic E-state index is 5.13. The fourth-order valence-corrected chi connectivity index (χ4v) is 0.802. The van der Waals surface area contributed by atoms with E-state index in [4.69, 9.17) is 11.6 Å². The second-order valence-corrected chi connectivity index (χ2v) is 1.84. The summed E-state index contributed by atoms with van der Waals surface area (Å²) in [7, 11) is 0. The molecule has 1 unspecified atom stereocenters. The van der Waals surface area contributed by atoms with E-state index in [2.05, 4.69) is 0 Å². The van der Waals surface area contributed by atoms with E-state index in [0.29, 0.717) is 0 Å². The van der Waals surface area contributed by atoms with Gasteiger partial charge >= 0.3 is 45.3 Å². The second kappa shape index (κ2) is 4.59. The maximum absolute atomic E-state index is 5.13. The van der Waals surface area contributed by atoms with Gasteiger partial charge in [0, 0.05) is 0 Å². The summed E-state index contributed by atoms with van der Waals surface area (Å²) in [5.74, 6) is 0. The van der Waals surface area contributed by atoms with E-state index in [1.165, 1.54) is 0 Å². The summed E-state index contributed by atoms with van der Waals surface area (Å²) in [6.45, 7) is 0. The molecule has 0 aromatic carbocycles.